The largest absolute Gasteiger partial charge is 0.460 e. The topological polar surface area (TPSA) is 61.2 Å². The molecule has 0 aliphatic rings. The first-order valence-corrected chi connectivity index (χ1v) is 5.12. The lowest BCUT2D eigenvalue weighted by Crippen LogP contribution is -2.27. The van der Waals surface area contributed by atoms with Crippen molar-refractivity contribution < 1.29 is 9.53 Å². The molecule has 0 fully saturated rings. The number of hydrogen-bond donors (Lipinski definition) is 0. The highest BCUT2D eigenvalue weighted by atomic mass is 16.6. The monoisotopic (exact) mass is 224 g/mol. The van der Waals surface area contributed by atoms with Gasteiger partial charge < -0.3 is 4.74 Å². The molecule has 5 nitrogen and oxygen atoms in total. The molecule has 1 aromatic heterocycles. The Morgan fingerprint density at radius 2 is 2.19 bits per heavy atom. The molecule has 0 radical (unpaired) electrons. The third-order valence-electron chi connectivity index (χ3n) is 1.73. The Balaban J connectivity index is 2.50. The highest BCUT2D eigenvalue weighted by Crippen LogP contribution is 2.08. The SMILES string of the molecule is CC(C)(C)OC(=O)CCn1ncccc1=O. The van der Waals surface area contributed by atoms with Gasteiger partial charge in [-0.2, -0.15) is 5.10 Å². The van der Waals surface area contributed by atoms with Gasteiger partial charge in [0, 0.05) is 12.3 Å². The molecule has 1 aromatic rings. The van der Waals surface area contributed by atoms with Crippen LogP contribution < -0.4 is 5.56 Å². The number of aryl methyl sites for hydroxylation is 1. The Morgan fingerprint density at radius 3 is 2.75 bits per heavy atom. The minimum Gasteiger partial charge on any atom is -0.460 e. The molecule has 0 aromatic carbocycles. The first-order chi connectivity index (χ1) is 7.38. The third kappa shape index (κ3) is 4.25. The third-order valence-corrected chi connectivity index (χ3v) is 1.73. The van der Waals surface area contributed by atoms with Crippen LogP contribution in [0.3, 0.4) is 0 Å². The lowest BCUT2D eigenvalue weighted by molar-refractivity contribution is -0.155. The van der Waals surface area contributed by atoms with Crippen LogP contribution in [-0.4, -0.2) is 21.4 Å². The molecule has 88 valence electrons. The van der Waals surface area contributed by atoms with E-state index in [1.54, 1.807) is 26.8 Å². The molecule has 1 heterocycles. The zero-order valence-electron chi connectivity index (χ0n) is 9.77. The molecule has 0 saturated carbocycles. The van der Waals surface area contributed by atoms with E-state index < -0.39 is 5.60 Å². The molecule has 0 aliphatic carbocycles. The molecule has 5 heteroatoms. The Morgan fingerprint density at radius 1 is 1.50 bits per heavy atom. The van der Waals surface area contributed by atoms with Gasteiger partial charge in [-0.1, -0.05) is 0 Å². The average molecular weight is 224 g/mol. The maximum atomic E-state index is 11.4. The van der Waals surface area contributed by atoms with Gasteiger partial charge in [0.2, 0.25) is 0 Å². The quantitative estimate of drug-likeness (QED) is 0.718. The van der Waals surface area contributed by atoms with Crippen molar-refractivity contribution in [3.8, 4) is 0 Å². The van der Waals surface area contributed by atoms with Gasteiger partial charge in [0.15, 0.2) is 0 Å². The van der Waals surface area contributed by atoms with E-state index in [0.717, 1.165) is 0 Å². The van der Waals surface area contributed by atoms with E-state index in [9.17, 15) is 9.59 Å². The lowest BCUT2D eigenvalue weighted by Gasteiger charge is -2.19. The Labute approximate surface area is 94.0 Å². The van der Waals surface area contributed by atoms with Crippen LogP contribution in [0.1, 0.15) is 27.2 Å². The number of esters is 1. The molecule has 0 saturated heterocycles. The summed E-state index contributed by atoms with van der Waals surface area (Å²) in [4.78, 5) is 22.6. The lowest BCUT2D eigenvalue weighted by atomic mass is 10.2. The molecule has 0 unspecified atom stereocenters. The smallest absolute Gasteiger partial charge is 0.308 e. The average Bonchev–Trinajstić information content (AvgIpc) is 2.14. The van der Waals surface area contributed by atoms with Crippen molar-refractivity contribution >= 4 is 5.97 Å². The van der Waals surface area contributed by atoms with Crippen LogP contribution >= 0.6 is 0 Å². The molecule has 0 bridgehead atoms. The van der Waals surface area contributed by atoms with Gasteiger partial charge in [-0.15, -0.1) is 0 Å². The van der Waals surface area contributed by atoms with E-state index in [1.807, 2.05) is 0 Å². The van der Waals surface area contributed by atoms with E-state index in [1.165, 1.54) is 16.9 Å². The van der Waals surface area contributed by atoms with Gasteiger partial charge in [0.1, 0.15) is 5.60 Å². The fourth-order valence-electron chi connectivity index (χ4n) is 1.14. The number of aromatic nitrogens is 2. The van der Waals surface area contributed by atoms with Crippen LogP contribution in [0.2, 0.25) is 0 Å². The number of hydrogen-bond acceptors (Lipinski definition) is 4. The summed E-state index contributed by atoms with van der Waals surface area (Å²) in [6.07, 6.45) is 1.66. The molecule has 0 N–H and O–H groups in total. The van der Waals surface area contributed by atoms with Crippen LogP contribution in [0.15, 0.2) is 23.1 Å². The number of carbonyl (C=O) groups excluding carboxylic acids is 1. The molecular formula is C11H16N2O3. The molecular weight excluding hydrogens is 208 g/mol. The summed E-state index contributed by atoms with van der Waals surface area (Å²) in [6.45, 7) is 5.65. The standard InChI is InChI=1S/C11H16N2O3/c1-11(2,3)16-10(15)6-8-13-9(14)5-4-7-12-13/h4-5,7H,6,8H2,1-3H3. The maximum absolute atomic E-state index is 11.4. The summed E-state index contributed by atoms with van der Waals surface area (Å²) in [6, 6.07) is 2.97. The van der Waals surface area contributed by atoms with Crippen LogP contribution in [0, 0.1) is 0 Å². The molecule has 1 rings (SSSR count). The van der Waals surface area contributed by atoms with Crippen LogP contribution in [0.5, 0.6) is 0 Å². The molecule has 0 spiro atoms. The van der Waals surface area contributed by atoms with E-state index in [4.69, 9.17) is 4.74 Å². The van der Waals surface area contributed by atoms with Gasteiger partial charge in [-0.05, 0) is 26.8 Å². The normalized spacial score (nSPS) is 11.2. The van der Waals surface area contributed by atoms with E-state index in [0.29, 0.717) is 0 Å². The van der Waals surface area contributed by atoms with Crippen molar-refractivity contribution in [3.05, 3.63) is 28.7 Å². The van der Waals surface area contributed by atoms with Gasteiger partial charge in [-0.3, -0.25) is 9.59 Å². The Bertz CT molecular complexity index is 418. The van der Waals surface area contributed by atoms with Gasteiger partial charge in [0.25, 0.3) is 5.56 Å². The van der Waals surface area contributed by atoms with Crippen LogP contribution in [0.25, 0.3) is 0 Å². The fraction of sp³-hybridized carbons (Fsp3) is 0.545. The second-order valence-corrected chi connectivity index (χ2v) is 4.42. The number of rotatable bonds is 3. The minimum absolute atomic E-state index is 0.147. The second-order valence-electron chi connectivity index (χ2n) is 4.42. The molecule has 0 atom stereocenters. The molecule has 0 amide bonds. The van der Waals surface area contributed by atoms with Crippen molar-refractivity contribution in [2.75, 3.05) is 0 Å². The Kier molecular flexibility index (Phi) is 3.82. The first kappa shape index (κ1) is 12.4. The highest BCUT2D eigenvalue weighted by molar-refractivity contribution is 5.69. The number of ether oxygens (including phenoxy) is 1. The van der Waals surface area contributed by atoms with E-state index in [2.05, 4.69) is 5.10 Å². The van der Waals surface area contributed by atoms with Crippen LogP contribution in [-0.2, 0) is 16.1 Å². The summed E-state index contributed by atoms with van der Waals surface area (Å²) in [5.41, 5.74) is -0.711. The summed E-state index contributed by atoms with van der Waals surface area (Å²) in [7, 11) is 0. The maximum Gasteiger partial charge on any atom is 0.308 e. The summed E-state index contributed by atoms with van der Waals surface area (Å²) < 4.78 is 6.36. The summed E-state index contributed by atoms with van der Waals surface area (Å²) >= 11 is 0. The van der Waals surface area contributed by atoms with Crippen molar-refractivity contribution in [1.82, 2.24) is 9.78 Å². The van der Waals surface area contributed by atoms with Crippen molar-refractivity contribution in [2.45, 2.75) is 39.3 Å². The van der Waals surface area contributed by atoms with Gasteiger partial charge >= 0.3 is 5.97 Å². The van der Waals surface area contributed by atoms with Crippen molar-refractivity contribution in [1.29, 1.82) is 0 Å². The highest BCUT2D eigenvalue weighted by Gasteiger charge is 2.16. The van der Waals surface area contributed by atoms with E-state index in [-0.39, 0.29) is 24.5 Å². The van der Waals surface area contributed by atoms with Crippen molar-refractivity contribution in [2.24, 2.45) is 0 Å². The molecule has 0 aliphatic heterocycles. The predicted octanol–water partition coefficient (Wildman–Crippen LogP) is 0.975. The predicted molar refractivity (Wildman–Crippen MR) is 59.0 cm³/mol. The second kappa shape index (κ2) is 4.92. The zero-order valence-corrected chi connectivity index (χ0v) is 9.77. The van der Waals surface area contributed by atoms with Crippen molar-refractivity contribution in [3.63, 3.8) is 0 Å². The van der Waals surface area contributed by atoms with Crippen LogP contribution in [0.4, 0.5) is 0 Å². The van der Waals surface area contributed by atoms with E-state index >= 15 is 0 Å². The molecule has 16 heavy (non-hydrogen) atoms. The number of nitrogens with zero attached hydrogens (tertiary/aromatic N) is 2. The van der Waals surface area contributed by atoms with Gasteiger partial charge in [-0.25, -0.2) is 4.68 Å². The summed E-state index contributed by atoms with van der Waals surface area (Å²) in [5, 5.41) is 3.84. The summed E-state index contributed by atoms with van der Waals surface area (Å²) in [5.74, 6) is -0.329. The number of carbonyl (C=O) groups is 1. The van der Waals surface area contributed by atoms with Gasteiger partial charge in [0.05, 0.1) is 13.0 Å². The minimum atomic E-state index is -0.494. The fourth-order valence-corrected chi connectivity index (χ4v) is 1.14. The Hall–Kier alpha value is -1.65. The first-order valence-electron chi connectivity index (χ1n) is 5.12. The zero-order chi connectivity index (χ0) is 12.2.